The Bertz CT molecular complexity index is 718. The van der Waals surface area contributed by atoms with E-state index in [1.807, 2.05) is 26.0 Å². The van der Waals surface area contributed by atoms with Gasteiger partial charge in [0.1, 0.15) is 17.6 Å². The van der Waals surface area contributed by atoms with Crippen LogP contribution >= 0.6 is 0 Å². The van der Waals surface area contributed by atoms with Gasteiger partial charge in [-0.3, -0.25) is 14.3 Å². The Morgan fingerprint density at radius 2 is 2.26 bits per heavy atom. The standard InChI is InChI=1S/C16H20N4O3/c1-3-19-9-8-14(18-19)17-16(22)13-6-7-15(21)20(13)10-12-5-4-11(2)23-12/h4-5,8-9,13H,3,6-7,10H2,1-2H3,(H,17,18,22). The number of carbonyl (C=O) groups is 2. The number of carbonyl (C=O) groups excluding carboxylic acids is 2. The monoisotopic (exact) mass is 316 g/mol. The van der Waals surface area contributed by atoms with E-state index in [-0.39, 0.29) is 11.8 Å². The largest absolute Gasteiger partial charge is 0.464 e. The van der Waals surface area contributed by atoms with E-state index >= 15 is 0 Å². The molecule has 7 nitrogen and oxygen atoms in total. The van der Waals surface area contributed by atoms with Crippen LogP contribution < -0.4 is 5.32 Å². The minimum absolute atomic E-state index is 0.0294. The van der Waals surface area contributed by atoms with Gasteiger partial charge in [-0.1, -0.05) is 0 Å². The lowest BCUT2D eigenvalue weighted by Gasteiger charge is -2.22. The van der Waals surface area contributed by atoms with Gasteiger partial charge in [0.25, 0.3) is 0 Å². The van der Waals surface area contributed by atoms with Crippen LogP contribution in [0.1, 0.15) is 31.3 Å². The number of rotatable bonds is 5. The zero-order valence-corrected chi connectivity index (χ0v) is 13.3. The quantitative estimate of drug-likeness (QED) is 0.914. The van der Waals surface area contributed by atoms with E-state index in [4.69, 9.17) is 4.42 Å². The molecule has 1 N–H and O–H groups in total. The van der Waals surface area contributed by atoms with E-state index in [1.54, 1.807) is 21.8 Å². The van der Waals surface area contributed by atoms with Crippen LogP contribution in [0, 0.1) is 6.92 Å². The molecule has 0 aliphatic carbocycles. The van der Waals surface area contributed by atoms with Crippen molar-refractivity contribution in [2.75, 3.05) is 5.32 Å². The van der Waals surface area contributed by atoms with E-state index in [2.05, 4.69) is 10.4 Å². The maximum Gasteiger partial charge on any atom is 0.248 e. The molecule has 0 bridgehead atoms. The highest BCUT2D eigenvalue weighted by atomic mass is 16.3. The minimum Gasteiger partial charge on any atom is -0.464 e. The fourth-order valence-electron chi connectivity index (χ4n) is 2.76. The van der Waals surface area contributed by atoms with Crippen molar-refractivity contribution in [1.82, 2.24) is 14.7 Å². The third kappa shape index (κ3) is 3.28. The van der Waals surface area contributed by atoms with Gasteiger partial charge in [-0.15, -0.1) is 0 Å². The molecule has 1 atom stereocenters. The fourth-order valence-corrected chi connectivity index (χ4v) is 2.76. The van der Waals surface area contributed by atoms with Crippen LogP contribution in [0.25, 0.3) is 0 Å². The molecule has 0 spiro atoms. The third-order valence-corrected chi connectivity index (χ3v) is 3.97. The normalized spacial score (nSPS) is 17.7. The molecule has 0 aromatic carbocycles. The van der Waals surface area contributed by atoms with Crippen LogP contribution in [0.2, 0.25) is 0 Å². The van der Waals surface area contributed by atoms with Crippen molar-refractivity contribution < 1.29 is 14.0 Å². The van der Waals surface area contributed by atoms with Gasteiger partial charge < -0.3 is 14.6 Å². The molecule has 23 heavy (non-hydrogen) atoms. The van der Waals surface area contributed by atoms with Crippen molar-refractivity contribution >= 4 is 17.6 Å². The zero-order valence-electron chi connectivity index (χ0n) is 13.3. The summed E-state index contributed by atoms with van der Waals surface area (Å²) in [5.41, 5.74) is 0. The van der Waals surface area contributed by atoms with Gasteiger partial charge in [-0.2, -0.15) is 5.10 Å². The number of hydrogen-bond donors (Lipinski definition) is 1. The molecule has 3 heterocycles. The lowest BCUT2D eigenvalue weighted by atomic mass is 10.2. The summed E-state index contributed by atoms with van der Waals surface area (Å²) in [5.74, 6) is 1.74. The summed E-state index contributed by atoms with van der Waals surface area (Å²) >= 11 is 0. The second-order valence-corrected chi connectivity index (χ2v) is 5.63. The second kappa shape index (κ2) is 6.28. The number of hydrogen-bond acceptors (Lipinski definition) is 4. The zero-order chi connectivity index (χ0) is 16.4. The molecule has 0 radical (unpaired) electrons. The summed E-state index contributed by atoms with van der Waals surface area (Å²) in [6.07, 6.45) is 2.69. The van der Waals surface area contributed by atoms with Crippen LogP contribution in [0.3, 0.4) is 0 Å². The molecule has 0 saturated carbocycles. The van der Waals surface area contributed by atoms with Crippen molar-refractivity contribution in [3.63, 3.8) is 0 Å². The maximum absolute atomic E-state index is 12.5. The molecule has 1 fully saturated rings. The molecule has 2 aromatic heterocycles. The van der Waals surface area contributed by atoms with Gasteiger partial charge in [0.05, 0.1) is 6.54 Å². The van der Waals surface area contributed by atoms with Crippen molar-refractivity contribution in [1.29, 1.82) is 0 Å². The highest BCUT2D eigenvalue weighted by molar-refractivity contribution is 5.98. The molecule has 1 saturated heterocycles. The summed E-state index contributed by atoms with van der Waals surface area (Å²) in [7, 11) is 0. The smallest absolute Gasteiger partial charge is 0.248 e. The Morgan fingerprint density at radius 1 is 1.43 bits per heavy atom. The van der Waals surface area contributed by atoms with Crippen LogP contribution in [0.5, 0.6) is 0 Å². The number of aromatic nitrogens is 2. The molecular formula is C16H20N4O3. The molecule has 1 aliphatic heterocycles. The van der Waals surface area contributed by atoms with Gasteiger partial charge in [0, 0.05) is 25.2 Å². The minimum atomic E-state index is -0.486. The number of nitrogens with one attached hydrogen (secondary N) is 1. The van der Waals surface area contributed by atoms with Crippen molar-refractivity contribution in [2.45, 2.75) is 45.8 Å². The van der Waals surface area contributed by atoms with Crippen LogP contribution in [0.4, 0.5) is 5.82 Å². The van der Waals surface area contributed by atoms with Crippen molar-refractivity contribution in [3.8, 4) is 0 Å². The van der Waals surface area contributed by atoms with E-state index in [0.717, 1.165) is 12.3 Å². The van der Waals surface area contributed by atoms with E-state index in [0.29, 0.717) is 31.0 Å². The topological polar surface area (TPSA) is 80.4 Å². The Hall–Kier alpha value is -2.57. The first-order valence-electron chi connectivity index (χ1n) is 7.76. The van der Waals surface area contributed by atoms with Crippen LogP contribution in [0.15, 0.2) is 28.8 Å². The first-order valence-corrected chi connectivity index (χ1v) is 7.76. The summed E-state index contributed by atoms with van der Waals surface area (Å²) < 4.78 is 7.25. The number of anilines is 1. The summed E-state index contributed by atoms with van der Waals surface area (Å²) in [4.78, 5) is 26.1. The highest BCUT2D eigenvalue weighted by Gasteiger charge is 2.36. The maximum atomic E-state index is 12.5. The number of furan rings is 1. The molecule has 122 valence electrons. The first kappa shape index (κ1) is 15.3. The SMILES string of the molecule is CCn1ccc(NC(=O)C2CCC(=O)N2Cc2ccc(C)o2)n1. The molecule has 1 aliphatic rings. The van der Waals surface area contributed by atoms with E-state index in [1.165, 1.54) is 0 Å². The Kier molecular flexibility index (Phi) is 4.18. The average molecular weight is 316 g/mol. The molecule has 3 rings (SSSR count). The predicted octanol–water partition coefficient (Wildman–Crippen LogP) is 1.93. The van der Waals surface area contributed by atoms with Gasteiger partial charge >= 0.3 is 0 Å². The van der Waals surface area contributed by atoms with E-state index < -0.39 is 6.04 Å². The summed E-state index contributed by atoms with van der Waals surface area (Å²) in [6, 6.07) is 4.94. The van der Waals surface area contributed by atoms with Crippen LogP contribution in [-0.4, -0.2) is 32.5 Å². The molecule has 2 amide bonds. The second-order valence-electron chi connectivity index (χ2n) is 5.63. The third-order valence-electron chi connectivity index (χ3n) is 3.97. The van der Waals surface area contributed by atoms with Gasteiger partial charge in [0.15, 0.2) is 5.82 Å². The summed E-state index contributed by atoms with van der Waals surface area (Å²) in [6.45, 7) is 4.88. The number of likely N-dealkylation sites (tertiary alicyclic amines) is 1. The Morgan fingerprint density at radius 3 is 2.91 bits per heavy atom. The average Bonchev–Trinajstić information content (AvgIpc) is 3.22. The first-order chi connectivity index (χ1) is 11.1. The number of amides is 2. The number of aryl methyl sites for hydroxylation is 2. The van der Waals surface area contributed by atoms with Gasteiger partial charge in [0.2, 0.25) is 11.8 Å². The molecule has 7 heteroatoms. The fraction of sp³-hybridized carbons (Fsp3) is 0.438. The lowest BCUT2D eigenvalue weighted by molar-refractivity contribution is -0.134. The van der Waals surface area contributed by atoms with Gasteiger partial charge in [-0.05, 0) is 32.4 Å². The van der Waals surface area contributed by atoms with Crippen LogP contribution in [-0.2, 0) is 22.7 Å². The summed E-state index contributed by atoms with van der Waals surface area (Å²) in [5, 5.41) is 7.02. The predicted molar refractivity (Wildman–Crippen MR) is 83.5 cm³/mol. The Labute approximate surface area is 134 Å². The van der Waals surface area contributed by atoms with E-state index in [9.17, 15) is 9.59 Å². The Balaban J connectivity index is 1.69. The lowest BCUT2D eigenvalue weighted by Crippen LogP contribution is -2.41. The van der Waals surface area contributed by atoms with Gasteiger partial charge in [-0.25, -0.2) is 0 Å². The number of nitrogens with zero attached hydrogens (tertiary/aromatic N) is 3. The van der Waals surface area contributed by atoms with Crippen molar-refractivity contribution in [3.05, 3.63) is 35.9 Å². The van der Waals surface area contributed by atoms with Crippen molar-refractivity contribution in [2.24, 2.45) is 0 Å². The molecular weight excluding hydrogens is 296 g/mol. The molecule has 2 aromatic rings. The molecule has 1 unspecified atom stereocenters. The highest BCUT2D eigenvalue weighted by Crippen LogP contribution is 2.23.